The Labute approximate surface area is 143 Å². The van der Waals surface area contributed by atoms with Crippen LogP contribution in [0.1, 0.15) is 41.4 Å². The summed E-state index contributed by atoms with van der Waals surface area (Å²) in [5.74, 6) is 1.35. The van der Waals surface area contributed by atoms with Crippen LogP contribution in [0.15, 0.2) is 36.4 Å². The second kappa shape index (κ2) is 7.43. The minimum atomic E-state index is -0.190. The molecule has 0 aliphatic carbocycles. The molecule has 1 saturated heterocycles. The highest BCUT2D eigenvalue weighted by Gasteiger charge is 2.18. The fourth-order valence-electron chi connectivity index (χ4n) is 3.09. The fraction of sp³-hybridized carbons (Fsp3) is 0.421. The highest BCUT2D eigenvalue weighted by molar-refractivity contribution is 5.92. The van der Waals surface area contributed by atoms with Crippen molar-refractivity contribution in [1.82, 2.24) is 15.5 Å². The number of aromatic nitrogens is 2. The normalized spacial score (nSPS) is 17.6. The van der Waals surface area contributed by atoms with E-state index in [1.165, 1.54) is 18.4 Å². The Kier molecular flexibility index (Phi) is 5.08. The number of nitrogens with zero attached hydrogens (tertiary/aromatic N) is 3. The van der Waals surface area contributed by atoms with E-state index in [1.54, 1.807) is 6.07 Å². The minimum absolute atomic E-state index is 0.190. The second-order valence-electron chi connectivity index (χ2n) is 6.58. The topological polar surface area (TPSA) is 58.1 Å². The molecule has 1 fully saturated rings. The number of rotatable bonds is 4. The van der Waals surface area contributed by atoms with Gasteiger partial charge in [-0.1, -0.05) is 31.2 Å². The van der Waals surface area contributed by atoms with Gasteiger partial charge in [0.05, 0.1) is 0 Å². The quantitative estimate of drug-likeness (QED) is 0.939. The van der Waals surface area contributed by atoms with E-state index in [0.717, 1.165) is 24.5 Å². The molecule has 1 atom stereocenters. The number of benzene rings is 1. The molecule has 1 unspecified atom stereocenters. The molecular weight excluding hydrogens is 300 g/mol. The van der Waals surface area contributed by atoms with Crippen molar-refractivity contribution in [3.63, 3.8) is 0 Å². The molecule has 3 rings (SSSR count). The Balaban J connectivity index is 1.60. The third-order valence-electron chi connectivity index (χ3n) is 4.56. The number of piperidine rings is 1. The smallest absolute Gasteiger partial charge is 0.272 e. The van der Waals surface area contributed by atoms with Crippen molar-refractivity contribution in [1.29, 1.82) is 0 Å². The SMILES string of the molecule is Cc1ccccc1CNC(=O)c1ccc(N2CCCC(C)C2)nn1. The molecule has 0 spiro atoms. The van der Waals surface area contributed by atoms with Gasteiger partial charge in [0.1, 0.15) is 0 Å². The maximum Gasteiger partial charge on any atom is 0.272 e. The van der Waals surface area contributed by atoms with Gasteiger partial charge >= 0.3 is 0 Å². The molecule has 1 amide bonds. The van der Waals surface area contributed by atoms with Gasteiger partial charge in [-0.05, 0) is 48.9 Å². The molecule has 1 N–H and O–H groups in total. The maximum atomic E-state index is 12.2. The molecular formula is C19H24N4O. The van der Waals surface area contributed by atoms with Crippen LogP contribution in [0.3, 0.4) is 0 Å². The van der Waals surface area contributed by atoms with Gasteiger partial charge < -0.3 is 10.2 Å². The third kappa shape index (κ3) is 3.91. The summed E-state index contributed by atoms with van der Waals surface area (Å²) in [6, 6.07) is 11.7. The largest absolute Gasteiger partial charge is 0.355 e. The number of anilines is 1. The van der Waals surface area contributed by atoms with Gasteiger partial charge in [0, 0.05) is 19.6 Å². The predicted molar refractivity (Wildman–Crippen MR) is 95.0 cm³/mol. The Morgan fingerprint density at radius 2 is 2.08 bits per heavy atom. The standard InChI is InChI=1S/C19H24N4O/c1-14-6-5-11-23(13-14)18-10-9-17(21-22-18)19(24)20-12-16-8-4-3-7-15(16)2/h3-4,7-10,14H,5-6,11-13H2,1-2H3,(H,20,24). The molecule has 1 aliphatic heterocycles. The van der Waals surface area contributed by atoms with E-state index in [4.69, 9.17) is 0 Å². The number of nitrogens with one attached hydrogen (secondary N) is 1. The molecule has 126 valence electrons. The van der Waals surface area contributed by atoms with E-state index in [9.17, 15) is 4.79 Å². The average molecular weight is 324 g/mol. The van der Waals surface area contributed by atoms with Gasteiger partial charge in [-0.15, -0.1) is 10.2 Å². The monoisotopic (exact) mass is 324 g/mol. The number of carbonyl (C=O) groups is 1. The van der Waals surface area contributed by atoms with Crippen molar-refractivity contribution in [2.45, 2.75) is 33.2 Å². The van der Waals surface area contributed by atoms with Crippen LogP contribution in [0, 0.1) is 12.8 Å². The van der Waals surface area contributed by atoms with E-state index in [1.807, 2.05) is 37.3 Å². The van der Waals surface area contributed by atoms with Crippen LogP contribution in [0.5, 0.6) is 0 Å². The van der Waals surface area contributed by atoms with E-state index in [-0.39, 0.29) is 5.91 Å². The molecule has 1 aromatic carbocycles. The average Bonchev–Trinajstić information content (AvgIpc) is 2.61. The van der Waals surface area contributed by atoms with Crippen LogP contribution < -0.4 is 10.2 Å². The summed E-state index contributed by atoms with van der Waals surface area (Å²) < 4.78 is 0. The van der Waals surface area contributed by atoms with E-state index >= 15 is 0 Å². The lowest BCUT2D eigenvalue weighted by Crippen LogP contribution is -2.35. The molecule has 0 radical (unpaired) electrons. The van der Waals surface area contributed by atoms with Gasteiger partial charge in [0.2, 0.25) is 0 Å². The lowest BCUT2D eigenvalue weighted by atomic mass is 10.0. The van der Waals surface area contributed by atoms with Crippen LogP contribution in [-0.4, -0.2) is 29.2 Å². The summed E-state index contributed by atoms with van der Waals surface area (Å²) in [5, 5.41) is 11.3. The number of hydrogen-bond donors (Lipinski definition) is 1. The highest BCUT2D eigenvalue weighted by atomic mass is 16.1. The molecule has 1 aromatic heterocycles. The Bertz CT molecular complexity index is 699. The maximum absolute atomic E-state index is 12.2. The summed E-state index contributed by atoms with van der Waals surface area (Å²) in [5.41, 5.74) is 2.63. The summed E-state index contributed by atoms with van der Waals surface area (Å²) in [6.07, 6.45) is 2.45. The highest BCUT2D eigenvalue weighted by Crippen LogP contribution is 2.20. The summed E-state index contributed by atoms with van der Waals surface area (Å²) in [4.78, 5) is 14.5. The zero-order valence-corrected chi connectivity index (χ0v) is 14.3. The van der Waals surface area contributed by atoms with Crippen molar-refractivity contribution in [3.05, 3.63) is 53.2 Å². The van der Waals surface area contributed by atoms with Crippen LogP contribution in [-0.2, 0) is 6.54 Å². The van der Waals surface area contributed by atoms with E-state index in [2.05, 4.69) is 27.3 Å². The molecule has 2 aromatic rings. The summed E-state index contributed by atoms with van der Waals surface area (Å²) in [7, 11) is 0. The molecule has 24 heavy (non-hydrogen) atoms. The third-order valence-corrected chi connectivity index (χ3v) is 4.56. The zero-order valence-electron chi connectivity index (χ0n) is 14.3. The Morgan fingerprint density at radius 1 is 1.25 bits per heavy atom. The van der Waals surface area contributed by atoms with Gasteiger partial charge in [-0.25, -0.2) is 0 Å². The predicted octanol–water partition coefficient (Wildman–Crippen LogP) is 2.95. The molecule has 0 saturated carbocycles. The van der Waals surface area contributed by atoms with Gasteiger partial charge in [-0.3, -0.25) is 4.79 Å². The number of carbonyl (C=O) groups excluding carboxylic acids is 1. The van der Waals surface area contributed by atoms with Crippen molar-refractivity contribution < 1.29 is 4.79 Å². The van der Waals surface area contributed by atoms with Gasteiger partial charge in [0.15, 0.2) is 11.5 Å². The molecule has 2 heterocycles. The first-order chi connectivity index (χ1) is 11.6. The van der Waals surface area contributed by atoms with Gasteiger partial charge in [0.25, 0.3) is 5.91 Å². The molecule has 5 nitrogen and oxygen atoms in total. The minimum Gasteiger partial charge on any atom is -0.355 e. The molecule has 1 aliphatic rings. The van der Waals surface area contributed by atoms with Crippen LogP contribution in [0.4, 0.5) is 5.82 Å². The van der Waals surface area contributed by atoms with E-state index < -0.39 is 0 Å². The van der Waals surface area contributed by atoms with Crippen molar-refractivity contribution >= 4 is 11.7 Å². The van der Waals surface area contributed by atoms with E-state index in [0.29, 0.717) is 18.2 Å². The summed E-state index contributed by atoms with van der Waals surface area (Å²) >= 11 is 0. The van der Waals surface area contributed by atoms with Crippen molar-refractivity contribution in [2.75, 3.05) is 18.0 Å². The lowest BCUT2D eigenvalue weighted by Gasteiger charge is -2.31. The molecule has 0 bridgehead atoms. The first-order valence-electron chi connectivity index (χ1n) is 8.55. The van der Waals surface area contributed by atoms with Gasteiger partial charge in [-0.2, -0.15) is 0 Å². The van der Waals surface area contributed by atoms with Crippen molar-refractivity contribution in [2.24, 2.45) is 5.92 Å². The van der Waals surface area contributed by atoms with Crippen LogP contribution in [0.25, 0.3) is 0 Å². The molecule has 5 heteroatoms. The first-order valence-corrected chi connectivity index (χ1v) is 8.55. The fourth-order valence-corrected chi connectivity index (χ4v) is 3.09. The van der Waals surface area contributed by atoms with Crippen LogP contribution in [0.2, 0.25) is 0 Å². The zero-order chi connectivity index (χ0) is 16.9. The lowest BCUT2D eigenvalue weighted by molar-refractivity contribution is 0.0945. The van der Waals surface area contributed by atoms with Crippen LogP contribution >= 0.6 is 0 Å². The first kappa shape index (κ1) is 16.4. The number of amides is 1. The summed E-state index contributed by atoms with van der Waals surface area (Å²) in [6.45, 7) is 6.81. The van der Waals surface area contributed by atoms with Crippen molar-refractivity contribution in [3.8, 4) is 0 Å². The second-order valence-corrected chi connectivity index (χ2v) is 6.58. The Hall–Kier alpha value is -2.43. The Morgan fingerprint density at radius 3 is 2.79 bits per heavy atom. The number of hydrogen-bond acceptors (Lipinski definition) is 4. The number of aryl methyl sites for hydroxylation is 1.